The Morgan fingerprint density at radius 1 is 1.05 bits per heavy atom. The lowest BCUT2D eigenvalue weighted by atomic mass is 10.0. The van der Waals surface area contributed by atoms with Crippen molar-refractivity contribution in [1.82, 2.24) is 16.0 Å². The normalized spacial score (nSPS) is 20.9. The van der Waals surface area contributed by atoms with E-state index in [1.54, 1.807) is 0 Å². The van der Waals surface area contributed by atoms with Crippen molar-refractivity contribution in [2.45, 2.75) is 96.2 Å². The zero-order valence-electron chi connectivity index (χ0n) is 23.6. The molecule has 2 aliphatic heterocycles. The first-order chi connectivity index (χ1) is 18.8. The van der Waals surface area contributed by atoms with Crippen LogP contribution in [0.15, 0.2) is 24.3 Å². The number of aliphatic carboxylic acids is 1. The van der Waals surface area contributed by atoms with Crippen LogP contribution in [0.25, 0.3) is 0 Å². The molecule has 10 nitrogen and oxygen atoms in total. The van der Waals surface area contributed by atoms with Gasteiger partial charge in [-0.15, -0.1) is 0 Å². The smallest absolute Gasteiger partial charge is 0.326 e. The molecule has 0 unspecified atom stereocenters. The van der Waals surface area contributed by atoms with Crippen LogP contribution >= 0.6 is 0 Å². The Bertz CT molecular complexity index is 864. The summed E-state index contributed by atoms with van der Waals surface area (Å²) in [4.78, 5) is 37.9. The lowest BCUT2D eigenvalue weighted by molar-refractivity contribution is -0.139. The zero-order valence-corrected chi connectivity index (χ0v) is 23.6. The van der Waals surface area contributed by atoms with Crippen LogP contribution in [0.4, 0.5) is 4.79 Å². The summed E-state index contributed by atoms with van der Waals surface area (Å²) in [7, 11) is 0. The van der Waals surface area contributed by atoms with E-state index in [0.29, 0.717) is 39.2 Å². The summed E-state index contributed by atoms with van der Waals surface area (Å²) in [5, 5.41) is 17.8. The van der Waals surface area contributed by atoms with Gasteiger partial charge in [-0.25, -0.2) is 9.59 Å². The molecule has 0 aromatic heterocycles. The number of carbonyl (C=O) groups is 3. The summed E-state index contributed by atoms with van der Waals surface area (Å²) in [6.07, 6.45) is 8.26. The Labute approximate surface area is 232 Å². The molecule has 1 aromatic rings. The Balaban J connectivity index is 2.16. The molecule has 6 N–H and O–H groups in total. The van der Waals surface area contributed by atoms with Crippen LogP contribution in [0.3, 0.4) is 0 Å². The monoisotopic (exact) mass is 548 g/mol. The number of hydrogen-bond acceptors (Lipinski definition) is 6. The highest BCUT2D eigenvalue weighted by Crippen LogP contribution is 2.16. The highest BCUT2D eigenvalue weighted by molar-refractivity contribution is 5.89. The Morgan fingerprint density at radius 3 is 2.36 bits per heavy atom. The first kappa shape index (κ1) is 32.4. The van der Waals surface area contributed by atoms with Gasteiger partial charge < -0.3 is 36.3 Å². The summed E-state index contributed by atoms with van der Waals surface area (Å²) in [6, 6.07) is 4.57. The largest absolute Gasteiger partial charge is 0.494 e. The summed E-state index contributed by atoms with van der Waals surface area (Å²) in [5.41, 5.74) is 6.34. The van der Waals surface area contributed by atoms with Crippen LogP contribution in [0.1, 0.15) is 77.2 Å². The van der Waals surface area contributed by atoms with Crippen molar-refractivity contribution >= 4 is 17.9 Å². The number of hydrogen-bond donors (Lipinski definition) is 5. The molecule has 0 saturated carbocycles. The van der Waals surface area contributed by atoms with Crippen molar-refractivity contribution in [3.8, 4) is 5.75 Å². The average molecular weight is 549 g/mol. The van der Waals surface area contributed by atoms with Gasteiger partial charge in [-0.1, -0.05) is 51.7 Å². The molecular formula is C29H48N4O6. The standard InChI is InChI=1S/C29H48N4O6/c1-21(2)26-20-38-17-9-5-3-4-6-10-18-39-23-14-12-22(13-15-23)19-25(27(34)31-26)33-29(37)32-24(28(35)36)11-7-8-16-30/h12-15,21,24-26H,3-11,16-20,30H2,1-2H3,(H,31,34)(H,35,36)(H2,32,33,37)/t24-,25+,26+/m0/s1. The van der Waals surface area contributed by atoms with E-state index >= 15 is 0 Å². The number of carbonyl (C=O) groups excluding carboxylic acids is 2. The van der Waals surface area contributed by atoms with Crippen molar-refractivity contribution in [3.05, 3.63) is 29.8 Å². The number of carboxylic acids is 1. The molecule has 0 saturated heterocycles. The van der Waals surface area contributed by atoms with Gasteiger partial charge in [0.05, 0.1) is 19.3 Å². The maximum Gasteiger partial charge on any atom is 0.326 e. The van der Waals surface area contributed by atoms with Gasteiger partial charge in [0.15, 0.2) is 0 Å². The minimum Gasteiger partial charge on any atom is -0.494 e. The number of unbranched alkanes of at least 4 members (excludes halogenated alkanes) is 1. The van der Waals surface area contributed by atoms with E-state index in [0.717, 1.165) is 43.4 Å². The lowest BCUT2D eigenvalue weighted by Crippen LogP contribution is -2.56. The van der Waals surface area contributed by atoms with Crippen LogP contribution < -0.4 is 26.4 Å². The number of urea groups is 1. The summed E-state index contributed by atoms with van der Waals surface area (Å²) >= 11 is 0. The maximum absolute atomic E-state index is 13.4. The molecule has 3 atom stereocenters. The third-order valence-corrected chi connectivity index (χ3v) is 6.92. The fourth-order valence-corrected chi connectivity index (χ4v) is 4.37. The number of ether oxygens (including phenoxy) is 2. The number of carboxylic acid groups (broad SMARTS) is 1. The van der Waals surface area contributed by atoms with E-state index in [1.807, 2.05) is 38.1 Å². The van der Waals surface area contributed by atoms with Gasteiger partial charge in [0.1, 0.15) is 17.8 Å². The second-order valence-corrected chi connectivity index (χ2v) is 10.6. The number of amides is 3. The van der Waals surface area contributed by atoms with Crippen molar-refractivity contribution in [2.24, 2.45) is 11.7 Å². The molecule has 1 aromatic carbocycles. The molecule has 0 fully saturated rings. The molecular weight excluding hydrogens is 500 g/mol. The van der Waals surface area contributed by atoms with Gasteiger partial charge in [0.25, 0.3) is 0 Å². The van der Waals surface area contributed by atoms with E-state index in [1.165, 1.54) is 6.42 Å². The number of benzene rings is 1. The SMILES string of the molecule is CC(C)[C@H]1COCCCCCCCCOc2ccc(cc2)C[C@@H](NC(=O)N[C@@H](CCCCN)C(=O)O)C(=O)N1. The van der Waals surface area contributed by atoms with Crippen molar-refractivity contribution in [3.63, 3.8) is 0 Å². The average Bonchev–Trinajstić information content (AvgIpc) is 2.90. The fraction of sp³-hybridized carbons (Fsp3) is 0.690. The van der Waals surface area contributed by atoms with Crippen LogP contribution in [-0.2, 0) is 20.7 Å². The molecule has 2 bridgehead atoms. The first-order valence-corrected chi connectivity index (χ1v) is 14.4. The second-order valence-electron chi connectivity index (χ2n) is 10.6. The quantitative estimate of drug-likeness (QED) is 0.312. The first-order valence-electron chi connectivity index (χ1n) is 14.4. The molecule has 0 spiro atoms. The van der Waals surface area contributed by atoms with Gasteiger partial charge in [-0.05, 0) is 62.3 Å². The van der Waals surface area contributed by atoms with Crippen LogP contribution in [-0.4, -0.2) is 67.5 Å². The molecule has 0 aliphatic carbocycles. The fourth-order valence-electron chi connectivity index (χ4n) is 4.37. The molecule has 39 heavy (non-hydrogen) atoms. The third-order valence-electron chi connectivity index (χ3n) is 6.92. The highest BCUT2D eigenvalue weighted by Gasteiger charge is 2.27. The van der Waals surface area contributed by atoms with Crippen LogP contribution in [0.5, 0.6) is 5.75 Å². The van der Waals surface area contributed by atoms with Crippen molar-refractivity contribution in [1.29, 1.82) is 0 Å². The number of fused-ring (bicyclic) bond motifs is 17. The molecule has 2 aliphatic rings. The van der Waals surface area contributed by atoms with Gasteiger partial charge in [-0.2, -0.15) is 0 Å². The van der Waals surface area contributed by atoms with Gasteiger partial charge in [-0.3, -0.25) is 4.79 Å². The predicted molar refractivity (Wildman–Crippen MR) is 151 cm³/mol. The molecule has 2 heterocycles. The summed E-state index contributed by atoms with van der Waals surface area (Å²) < 4.78 is 11.7. The Kier molecular flexibility index (Phi) is 15.3. The Hall–Kier alpha value is -2.85. The molecule has 220 valence electrons. The van der Waals surface area contributed by atoms with E-state index in [9.17, 15) is 19.5 Å². The number of nitrogens with one attached hydrogen (secondary N) is 3. The Morgan fingerprint density at radius 2 is 1.72 bits per heavy atom. The summed E-state index contributed by atoms with van der Waals surface area (Å²) in [5.74, 6) is -0.594. The minimum absolute atomic E-state index is 0.122. The molecule has 0 radical (unpaired) electrons. The van der Waals surface area contributed by atoms with Crippen molar-refractivity contribution < 1.29 is 29.0 Å². The van der Waals surface area contributed by atoms with E-state index in [-0.39, 0.29) is 30.7 Å². The number of rotatable bonds is 8. The lowest BCUT2D eigenvalue weighted by Gasteiger charge is -2.26. The van der Waals surface area contributed by atoms with E-state index in [4.69, 9.17) is 15.2 Å². The van der Waals surface area contributed by atoms with Gasteiger partial charge in [0.2, 0.25) is 5.91 Å². The molecule has 10 heteroatoms. The molecule has 3 rings (SSSR count). The zero-order chi connectivity index (χ0) is 28.5. The van der Waals surface area contributed by atoms with Gasteiger partial charge in [0, 0.05) is 13.0 Å². The predicted octanol–water partition coefficient (Wildman–Crippen LogP) is 3.37. The summed E-state index contributed by atoms with van der Waals surface area (Å²) in [6.45, 7) is 6.15. The minimum atomic E-state index is -1.13. The third kappa shape index (κ3) is 13.2. The van der Waals surface area contributed by atoms with Crippen LogP contribution in [0.2, 0.25) is 0 Å². The molecule has 3 amide bonds. The van der Waals surface area contributed by atoms with E-state index in [2.05, 4.69) is 16.0 Å². The van der Waals surface area contributed by atoms with Gasteiger partial charge >= 0.3 is 12.0 Å². The topological polar surface area (TPSA) is 152 Å². The van der Waals surface area contributed by atoms with Crippen LogP contribution in [0, 0.1) is 5.92 Å². The van der Waals surface area contributed by atoms with E-state index < -0.39 is 24.1 Å². The number of nitrogens with two attached hydrogens (primary N) is 1. The van der Waals surface area contributed by atoms with Crippen molar-refractivity contribution in [2.75, 3.05) is 26.4 Å². The maximum atomic E-state index is 13.4. The second kappa shape index (κ2) is 18.4. The highest BCUT2D eigenvalue weighted by atomic mass is 16.5.